The Kier molecular flexibility index (Phi) is 4.43. The van der Waals surface area contributed by atoms with E-state index in [0.29, 0.717) is 10.7 Å². The molecular weight excluding hydrogens is 276 g/mol. The highest BCUT2D eigenvalue weighted by atomic mass is 32.2. The first kappa shape index (κ1) is 14.2. The van der Waals surface area contributed by atoms with Crippen molar-refractivity contribution < 1.29 is 14.3 Å². The van der Waals surface area contributed by atoms with Gasteiger partial charge in [0.15, 0.2) is 5.57 Å². The number of amides is 1. The van der Waals surface area contributed by atoms with E-state index in [1.807, 2.05) is 12.1 Å². The van der Waals surface area contributed by atoms with Crippen LogP contribution in [0.15, 0.2) is 40.9 Å². The minimum Gasteiger partial charge on any atom is -0.462 e. The molecule has 6 heteroatoms. The third kappa shape index (κ3) is 2.68. The summed E-state index contributed by atoms with van der Waals surface area (Å²) in [6.07, 6.45) is 0. The van der Waals surface area contributed by atoms with E-state index in [2.05, 4.69) is 0 Å². The Morgan fingerprint density at radius 1 is 1.45 bits per heavy atom. The van der Waals surface area contributed by atoms with Crippen LogP contribution in [0.5, 0.6) is 0 Å². The molecule has 1 amide bonds. The standard InChI is InChI=1S/C14H12N2O3S/c1-2-19-14(18)11(8-15)13-16(12(17)9-20-13)10-6-4-3-5-7-10/h3-7H,2,9H2,1H3. The van der Waals surface area contributed by atoms with Crippen molar-refractivity contribution in [2.75, 3.05) is 17.3 Å². The summed E-state index contributed by atoms with van der Waals surface area (Å²) in [5.41, 5.74) is 0.501. The lowest BCUT2D eigenvalue weighted by Crippen LogP contribution is -2.25. The lowest BCUT2D eigenvalue weighted by Gasteiger charge is -2.17. The first-order valence-corrected chi connectivity index (χ1v) is 7.00. The maximum Gasteiger partial charge on any atom is 0.351 e. The molecular formula is C14H12N2O3S. The molecule has 0 atom stereocenters. The number of nitriles is 1. The van der Waals surface area contributed by atoms with Crippen molar-refractivity contribution in [3.8, 4) is 6.07 Å². The summed E-state index contributed by atoms with van der Waals surface area (Å²) >= 11 is 1.17. The van der Waals surface area contributed by atoms with Gasteiger partial charge >= 0.3 is 5.97 Å². The van der Waals surface area contributed by atoms with E-state index in [4.69, 9.17) is 4.74 Å². The Balaban J connectivity index is 2.46. The second-order valence-corrected chi connectivity index (χ2v) is 4.83. The third-order valence-electron chi connectivity index (χ3n) is 2.60. The highest BCUT2D eigenvalue weighted by molar-refractivity contribution is 8.04. The number of rotatable bonds is 3. The maximum absolute atomic E-state index is 12.0. The molecule has 0 spiro atoms. The number of hydrogen-bond acceptors (Lipinski definition) is 5. The number of para-hydroxylation sites is 1. The van der Waals surface area contributed by atoms with Crippen molar-refractivity contribution in [1.82, 2.24) is 0 Å². The maximum atomic E-state index is 12.0. The van der Waals surface area contributed by atoms with Crippen LogP contribution in [0.2, 0.25) is 0 Å². The second kappa shape index (κ2) is 6.26. The second-order valence-electron chi connectivity index (χ2n) is 3.87. The number of thioether (sulfide) groups is 1. The van der Waals surface area contributed by atoms with Crippen LogP contribution in [0.1, 0.15) is 6.92 Å². The number of benzene rings is 1. The van der Waals surface area contributed by atoms with Gasteiger partial charge in [0.25, 0.3) is 0 Å². The molecule has 102 valence electrons. The quantitative estimate of drug-likeness (QED) is 0.484. The average Bonchev–Trinajstić information content (AvgIpc) is 2.83. The molecule has 2 rings (SSSR count). The molecule has 0 radical (unpaired) electrons. The molecule has 1 aliphatic rings. The van der Waals surface area contributed by atoms with Crippen molar-refractivity contribution in [3.63, 3.8) is 0 Å². The van der Waals surface area contributed by atoms with Gasteiger partial charge in [-0.2, -0.15) is 5.26 Å². The number of hydrogen-bond donors (Lipinski definition) is 0. The van der Waals surface area contributed by atoms with Crippen LogP contribution in [0, 0.1) is 11.3 Å². The van der Waals surface area contributed by atoms with Crippen LogP contribution >= 0.6 is 11.8 Å². The monoisotopic (exact) mass is 288 g/mol. The van der Waals surface area contributed by atoms with Gasteiger partial charge in [-0.05, 0) is 19.1 Å². The molecule has 1 aromatic carbocycles. The van der Waals surface area contributed by atoms with Crippen LogP contribution in [0.4, 0.5) is 5.69 Å². The predicted octanol–water partition coefficient (Wildman–Crippen LogP) is 2.06. The van der Waals surface area contributed by atoms with Gasteiger partial charge in [-0.25, -0.2) is 4.79 Å². The van der Waals surface area contributed by atoms with Gasteiger partial charge in [-0.1, -0.05) is 30.0 Å². The van der Waals surface area contributed by atoms with E-state index in [-0.39, 0.29) is 23.8 Å². The summed E-state index contributed by atoms with van der Waals surface area (Å²) in [7, 11) is 0. The van der Waals surface area contributed by atoms with Crippen molar-refractivity contribution in [1.29, 1.82) is 5.26 Å². The largest absolute Gasteiger partial charge is 0.462 e. The van der Waals surface area contributed by atoms with Crippen LogP contribution in [-0.4, -0.2) is 24.2 Å². The Bertz CT molecular complexity index is 605. The molecule has 0 aliphatic carbocycles. The lowest BCUT2D eigenvalue weighted by atomic mass is 10.2. The number of anilines is 1. The highest BCUT2D eigenvalue weighted by Crippen LogP contribution is 2.36. The summed E-state index contributed by atoms with van der Waals surface area (Å²) < 4.78 is 4.86. The van der Waals surface area contributed by atoms with E-state index < -0.39 is 5.97 Å². The van der Waals surface area contributed by atoms with Gasteiger partial charge in [0.05, 0.1) is 12.4 Å². The van der Waals surface area contributed by atoms with Crippen molar-refractivity contribution in [2.24, 2.45) is 0 Å². The van der Waals surface area contributed by atoms with Crippen molar-refractivity contribution >= 4 is 29.3 Å². The number of ether oxygens (including phenoxy) is 1. The number of carbonyl (C=O) groups excluding carboxylic acids is 2. The van der Waals surface area contributed by atoms with Crippen molar-refractivity contribution in [3.05, 3.63) is 40.9 Å². The van der Waals surface area contributed by atoms with E-state index in [1.165, 1.54) is 16.7 Å². The van der Waals surface area contributed by atoms with Gasteiger partial charge < -0.3 is 4.74 Å². The van der Waals surface area contributed by atoms with Gasteiger partial charge in [0, 0.05) is 5.69 Å². The SMILES string of the molecule is CCOC(=O)C(C#N)=C1SCC(=O)N1c1ccccc1. The number of esters is 1. The Hall–Kier alpha value is -2.26. The molecule has 1 saturated heterocycles. The molecule has 0 N–H and O–H groups in total. The van der Waals surface area contributed by atoms with Crippen LogP contribution < -0.4 is 4.90 Å². The van der Waals surface area contributed by atoms with E-state index in [9.17, 15) is 14.9 Å². The Labute approximate surface area is 120 Å². The van der Waals surface area contributed by atoms with Crippen molar-refractivity contribution in [2.45, 2.75) is 6.92 Å². The fraction of sp³-hybridized carbons (Fsp3) is 0.214. The number of nitrogens with zero attached hydrogens (tertiary/aromatic N) is 2. The molecule has 0 bridgehead atoms. The summed E-state index contributed by atoms with van der Waals surface area (Å²) in [6.45, 7) is 1.85. The minimum absolute atomic E-state index is 0.133. The highest BCUT2D eigenvalue weighted by Gasteiger charge is 2.33. The molecule has 1 aromatic rings. The van der Waals surface area contributed by atoms with E-state index in [1.54, 1.807) is 31.2 Å². The summed E-state index contributed by atoms with van der Waals surface area (Å²) in [4.78, 5) is 25.2. The zero-order chi connectivity index (χ0) is 14.5. The fourth-order valence-corrected chi connectivity index (χ4v) is 2.78. The van der Waals surface area contributed by atoms with E-state index >= 15 is 0 Å². The van der Waals surface area contributed by atoms with Gasteiger partial charge in [0.2, 0.25) is 5.91 Å². The summed E-state index contributed by atoms with van der Waals surface area (Å²) in [6, 6.07) is 10.8. The zero-order valence-electron chi connectivity index (χ0n) is 10.8. The van der Waals surface area contributed by atoms with Gasteiger partial charge in [-0.3, -0.25) is 9.69 Å². The number of carbonyl (C=O) groups is 2. The molecule has 1 aliphatic heterocycles. The zero-order valence-corrected chi connectivity index (χ0v) is 11.6. The predicted molar refractivity (Wildman–Crippen MR) is 75.7 cm³/mol. The molecule has 0 unspecified atom stereocenters. The molecule has 1 fully saturated rings. The summed E-state index contributed by atoms with van der Waals surface area (Å²) in [5, 5.41) is 9.51. The molecule has 5 nitrogen and oxygen atoms in total. The van der Waals surface area contributed by atoms with Crippen LogP contribution in [0.3, 0.4) is 0 Å². The third-order valence-corrected chi connectivity index (χ3v) is 3.66. The molecule has 1 heterocycles. The van der Waals surface area contributed by atoms with Crippen LogP contribution in [0.25, 0.3) is 0 Å². The van der Waals surface area contributed by atoms with E-state index in [0.717, 1.165) is 0 Å². The van der Waals surface area contributed by atoms with Crippen LogP contribution in [-0.2, 0) is 14.3 Å². The first-order chi connectivity index (χ1) is 9.69. The summed E-state index contributed by atoms with van der Waals surface area (Å²) in [5.74, 6) is -0.657. The smallest absolute Gasteiger partial charge is 0.351 e. The fourth-order valence-electron chi connectivity index (χ4n) is 1.78. The molecule has 20 heavy (non-hydrogen) atoms. The average molecular weight is 288 g/mol. The Morgan fingerprint density at radius 3 is 2.75 bits per heavy atom. The van der Waals surface area contributed by atoms with Gasteiger partial charge in [-0.15, -0.1) is 0 Å². The molecule has 0 aromatic heterocycles. The molecule has 0 saturated carbocycles. The lowest BCUT2D eigenvalue weighted by molar-refractivity contribution is -0.138. The topological polar surface area (TPSA) is 70.4 Å². The normalized spacial score (nSPS) is 16.8. The Morgan fingerprint density at radius 2 is 2.15 bits per heavy atom. The minimum atomic E-state index is -0.701. The van der Waals surface area contributed by atoms with Gasteiger partial charge in [0.1, 0.15) is 11.1 Å². The first-order valence-electron chi connectivity index (χ1n) is 6.01.